The number of carbonyl (C=O) groups excluding carboxylic acids is 1. The summed E-state index contributed by atoms with van der Waals surface area (Å²) in [6.07, 6.45) is 8.40. The number of Topliss-reactive ketones (excluding diaryl/α,β-unsaturated/α-hetero) is 1. The van der Waals surface area contributed by atoms with Crippen molar-refractivity contribution in [2.24, 2.45) is 17.8 Å². The van der Waals surface area contributed by atoms with Crippen LogP contribution in [0.1, 0.15) is 50.5 Å². The van der Waals surface area contributed by atoms with Gasteiger partial charge in [-0.15, -0.1) is 0 Å². The lowest BCUT2D eigenvalue weighted by Gasteiger charge is -2.23. The maximum atomic E-state index is 12.8. The predicted molar refractivity (Wildman–Crippen MR) is 80.3 cm³/mol. The number of ketones is 1. The summed E-state index contributed by atoms with van der Waals surface area (Å²) in [5.41, 5.74) is 7.59. The highest BCUT2D eigenvalue weighted by atomic mass is 16.1. The summed E-state index contributed by atoms with van der Waals surface area (Å²) in [5, 5.41) is 0. The summed E-state index contributed by atoms with van der Waals surface area (Å²) < 4.78 is 0. The predicted octanol–water partition coefficient (Wildman–Crippen LogP) is 3.70. The molecule has 3 atom stereocenters. The van der Waals surface area contributed by atoms with Crippen LogP contribution in [0.2, 0.25) is 0 Å². The van der Waals surface area contributed by atoms with Crippen molar-refractivity contribution >= 4 is 11.5 Å². The molecule has 0 amide bonds. The van der Waals surface area contributed by atoms with Gasteiger partial charge in [-0.25, -0.2) is 0 Å². The van der Waals surface area contributed by atoms with Crippen molar-refractivity contribution in [3.05, 3.63) is 29.8 Å². The summed E-state index contributed by atoms with van der Waals surface area (Å²) in [4.78, 5) is 12.8. The molecule has 3 aliphatic rings. The van der Waals surface area contributed by atoms with E-state index in [1.54, 1.807) is 0 Å². The summed E-state index contributed by atoms with van der Waals surface area (Å²) in [6.45, 7) is 0. The van der Waals surface area contributed by atoms with Gasteiger partial charge >= 0.3 is 0 Å². The largest absolute Gasteiger partial charge is 0.399 e. The summed E-state index contributed by atoms with van der Waals surface area (Å²) in [5.74, 6) is 2.97. The average Bonchev–Trinajstić information content (AvgIpc) is 3.00. The molecule has 2 heteroatoms. The first-order valence-electron chi connectivity index (χ1n) is 8.07. The minimum atomic E-state index is -0.143. The van der Waals surface area contributed by atoms with E-state index in [1.807, 2.05) is 12.1 Å². The molecular formula is C18H23NO. The normalized spacial score (nSPS) is 33.3. The second-order valence-corrected chi connectivity index (χ2v) is 7.27. The molecule has 0 spiro atoms. The number of carbonyl (C=O) groups is 1. The molecule has 1 aromatic carbocycles. The minimum absolute atomic E-state index is 0.143. The van der Waals surface area contributed by atoms with Crippen LogP contribution >= 0.6 is 0 Å². The number of benzene rings is 1. The molecule has 3 aliphatic carbocycles. The highest BCUT2D eigenvalue weighted by Gasteiger charge is 2.52. The van der Waals surface area contributed by atoms with Crippen molar-refractivity contribution in [1.29, 1.82) is 0 Å². The van der Waals surface area contributed by atoms with Crippen molar-refractivity contribution in [2.45, 2.75) is 50.4 Å². The van der Waals surface area contributed by atoms with Gasteiger partial charge in [-0.3, -0.25) is 4.79 Å². The maximum Gasteiger partial charge on any atom is 0.143 e. The zero-order valence-corrected chi connectivity index (χ0v) is 12.0. The second kappa shape index (κ2) is 4.34. The van der Waals surface area contributed by atoms with Crippen LogP contribution < -0.4 is 5.73 Å². The van der Waals surface area contributed by atoms with Crippen LogP contribution in [0.25, 0.3) is 0 Å². The molecule has 0 aliphatic heterocycles. The highest BCUT2D eigenvalue weighted by Crippen LogP contribution is 2.54. The number of nitrogens with two attached hydrogens (primary N) is 1. The number of hydrogen-bond acceptors (Lipinski definition) is 2. The molecule has 3 unspecified atom stereocenters. The summed E-state index contributed by atoms with van der Waals surface area (Å²) in [7, 11) is 0. The third kappa shape index (κ3) is 1.88. The van der Waals surface area contributed by atoms with Crippen molar-refractivity contribution in [2.75, 3.05) is 5.73 Å². The van der Waals surface area contributed by atoms with Crippen LogP contribution in [0.3, 0.4) is 0 Å². The molecular weight excluding hydrogens is 246 g/mol. The first kappa shape index (κ1) is 12.4. The lowest BCUT2D eigenvalue weighted by molar-refractivity contribution is -0.122. The van der Waals surface area contributed by atoms with Gasteiger partial charge in [-0.2, -0.15) is 0 Å². The van der Waals surface area contributed by atoms with Gasteiger partial charge in [0.05, 0.1) is 5.41 Å². The van der Waals surface area contributed by atoms with Gasteiger partial charge in [0.25, 0.3) is 0 Å². The Morgan fingerprint density at radius 1 is 1.15 bits per heavy atom. The zero-order chi connectivity index (χ0) is 13.7. The van der Waals surface area contributed by atoms with E-state index < -0.39 is 0 Å². The molecule has 3 saturated carbocycles. The van der Waals surface area contributed by atoms with Gasteiger partial charge in [-0.1, -0.05) is 18.6 Å². The number of hydrogen-bond donors (Lipinski definition) is 1. The zero-order valence-electron chi connectivity index (χ0n) is 12.0. The quantitative estimate of drug-likeness (QED) is 0.847. The average molecular weight is 269 g/mol. The fourth-order valence-corrected chi connectivity index (χ4v) is 4.72. The van der Waals surface area contributed by atoms with Crippen molar-refractivity contribution in [3.63, 3.8) is 0 Å². The smallest absolute Gasteiger partial charge is 0.143 e. The van der Waals surface area contributed by atoms with E-state index in [0.717, 1.165) is 36.8 Å². The third-order valence-corrected chi connectivity index (χ3v) is 6.08. The van der Waals surface area contributed by atoms with E-state index >= 15 is 0 Å². The summed E-state index contributed by atoms with van der Waals surface area (Å²) >= 11 is 0. The fourth-order valence-electron chi connectivity index (χ4n) is 4.72. The lowest BCUT2D eigenvalue weighted by atomic mass is 9.80. The molecule has 0 radical (unpaired) electrons. The van der Waals surface area contributed by atoms with Gasteiger partial charge in [0.15, 0.2) is 0 Å². The molecule has 0 heterocycles. The van der Waals surface area contributed by atoms with Crippen LogP contribution in [-0.4, -0.2) is 5.78 Å². The molecule has 1 aromatic rings. The van der Waals surface area contributed by atoms with Crippen LogP contribution in [0.5, 0.6) is 0 Å². The Hall–Kier alpha value is -1.31. The van der Waals surface area contributed by atoms with Gasteiger partial charge < -0.3 is 5.73 Å². The molecule has 0 aromatic heterocycles. The van der Waals surface area contributed by atoms with Crippen LogP contribution in [0, 0.1) is 17.8 Å². The molecule has 4 rings (SSSR count). The van der Waals surface area contributed by atoms with E-state index in [-0.39, 0.29) is 5.41 Å². The third-order valence-electron chi connectivity index (χ3n) is 6.08. The van der Waals surface area contributed by atoms with E-state index in [0.29, 0.717) is 11.7 Å². The SMILES string of the molecule is Nc1ccc(C2(C(=O)CC3CC4CCC3C4)CC2)cc1. The second-order valence-electron chi connectivity index (χ2n) is 7.27. The fraction of sp³-hybridized carbons (Fsp3) is 0.611. The molecule has 20 heavy (non-hydrogen) atoms. The Labute approximate surface area is 120 Å². The Balaban J connectivity index is 1.49. The number of anilines is 1. The van der Waals surface area contributed by atoms with E-state index in [4.69, 9.17) is 5.73 Å². The van der Waals surface area contributed by atoms with Gasteiger partial charge in [0.1, 0.15) is 5.78 Å². The Morgan fingerprint density at radius 2 is 1.90 bits per heavy atom. The number of fused-ring (bicyclic) bond motifs is 2. The minimum Gasteiger partial charge on any atom is -0.399 e. The Kier molecular flexibility index (Phi) is 2.70. The molecule has 2 bridgehead atoms. The van der Waals surface area contributed by atoms with E-state index in [9.17, 15) is 4.79 Å². The topological polar surface area (TPSA) is 43.1 Å². The van der Waals surface area contributed by atoms with E-state index in [2.05, 4.69) is 12.1 Å². The van der Waals surface area contributed by atoms with Crippen LogP contribution in [0.15, 0.2) is 24.3 Å². The first-order chi connectivity index (χ1) is 9.67. The Bertz CT molecular complexity index is 529. The number of rotatable bonds is 4. The van der Waals surface area contributed by atoms with Crippen molar-refractivity contribution in [1.82, 2.24) is 0 Å². The maximum absolute atomic E-state index is 12.8. The molecule has 106 valence electrons. The van der Waals surface area contributed by atoms with Crippen LogP contribution in [-0.2, 0) is 10.2 Å². The van der Waals surface area contributed by atoms with Gasteiger partial charge in [0.2, 0.25) is 0 Å². The standard InChI is InChI=1S/C18H23NO/c19-16-5-3-15(4-6-16)18(7-8-18)17(20)11-14-10-12-1-2-13(14)9-12/h3-6,12-14H,1-2,7-11,19H2. The molecule has 2 N–H and O–H groups in total. The number of nitrogen functional groups attached to an aromatic ring is 1. The van der Waals surface area contributed by atoms with Crippen molar-refractivity contribution < 1.29 is 4.79 Å². The highest BCUT2D eigenvalue weighted by molar-refractivity contribution is 5.93. The van der Waals surface area contributed by atoms with Gasteiger partial charge in [0, 0.05) is 12.1 Å². The first-order valence-corrected chi connectivity index (χ1v) is 8.07. The Morgan fingerprint density at radius 3 is 2.45 bits per heavy atom. The van der Waals surface area contributed by atoms with Gasteiger partial charge in [-0.05, 0) is 67.6 Å². The molecule has 0 saturated heterocycles. The van der Waals surface area contributed by atoms with Crippen molar-refractivity contribution in [3.8, 4) is 0 Å². The van der Waals surface area contributed by atoms with E-state index in [1.165, 1.54) is 31.2 Å². The molecule has 3 fully saturated rings. The molecule has 2 nitrogen and oxygen atoms in total. The van der Waals surface area contributed by atoms with Crippen LogP contribution in [0.4, 0.5) is 5.69 Å². The monoisotopic (exact) mass is 269 g/mol. The summed E-state index contributed by atoms with van der Waals surface area (Å²) in [6, 6.07) is 7.97. The lowest BCUT2D eigenvalue weighted by Crippen LogP contribution is -2.25.